The average molecular weight is 234 g/mol. The number of nitrogens with zero attached hydrogens (tertiary/aromatic N) is 3. The summed E-state index contributed by atoms with van der Waals surface area (Å²) in [4.78, 5) is 2.56. The fourth-order valence-electron chi connectivity index (χ4n) is 2.31. The molecule has 1 aromatic heterocycles. The predicted octanol–water partition coefficient (Wildman–Crippen LogP) is 1.56. The van der Waals surface area contributed by atoms with E-state index >= 15 is 0 Å². The number of rotatable bonds is 6. The molecule has 94 valence electrons. The fraction of sp³-hybridized carbons (Fsp3) is 0.615. The molecule has 1 aliphatic rings. The molecule has 0 amide bonds. The molecule has 0 aromatic carbocycles. The lowest BCUT2D eigenvalue weighted by molar-refractivity contribution is 0.251. The Kier molecular flexibility index (Phi) is 4.34. The molecule has 0 aliphatic carbocycles. The van der Waals surface area contributed by atoms with Gasteiger partial charge in [0.1, 0.15) is 0 Å². The second-order valence-electron chi connectivity index (χ2n) is 4.73. The van der Waals surface area contributed by atoms with Gasteiger partial charge in [-0.25, -0.2) is 4.68 Å². The second kappa shape index (κ2) is 5.98. The van der Waals surface area contributed by atoms with Crippen molar-refractivity contribution in [2.24, 2.45) is 0 Å². The Bertz CT molecular complexity index is 352. The first kappa shape index (κ1) is 12.3. The Morgan fingerprint density at radius 2 is 2.29 bits per heavy atom. The minimum Gasteiger partial charge on any atom is -0.311 e. The van der Waals surface area contributed by atoms with E-state index in [1.807, 2.05) is 12.4 Å². The molecule has 1 atom stereocenters. The van der Waals surface area contributed by atoms with Gasteiger partial charge in [0.05, 0.1) is 6.20 Å². The van der Waals surface area contributed by atoms with Crippen molar-refractivity contribution in [1.29, 1.82) is 0 Å². The lowest BCUT2D eigenvalue weighted by Crippen LogP contribution is -2.38. The largest absolute Gasteiger partial charge is 0.311 e. The maximum absolute atomic E-state index is 4.16. The summed E-state index contributed by atoms with van der Waals surface area (Å²) in [5, 5.41) is 7.64. The van der Waals surface area contributed by atoms with Crippen LogP contribution in [0.25, 0.3) is 6.20 Å². The number of likely N-dealkylation sites (tertiary alicyclic amines) is 1. The summed E-state index contributed by atoms with van der Waals surface area (Å²) < 4.78 is 1.74. The van der Waals surface area contributed by atoms with Gasteiger partial charge in [0.25, 0.3) is 0 Å². The minimum absolute atomic E-state index is 0.631. The van der Waals surface area contributed by atoms with Crippen molar-refractivity contribution in [1.82, 2.24) is 20.0 Å². The Balaban J connectivity index is 1.69. The van der Waals surface area contributed by atoms with Crippen LogP contribution < -0.4 is 5.32 Å². The van der Waals surface area contributed by atoms with Crippen LogP contribution >= 0.6 is 0 Å². The molecule has 2 heterocycles. The lowest BCUT2D eigenvalue weighted by atomic mass is 10.3. The van der Waals surface area contributed by atoms with E-state index in [1.165, 1.54) is 31.5 Å². The smallest absolute Gasteiger partial charge is 0.0538 e. The Labute approximate surface area is 103 Å². The van der Waals surface area contributed by atoms with Crippen LogP contribution in [0.5, 0.6) is 0 Å². The molecule has 1 aromatic rings. The molecule has 2 rings (SSSR count). The first-order chi connectivity index (χ1) is 8.29. The maximum Gasteiger partial charge on any atom is 0.0538 e. The molecule has 1 unspecified atom stereocenters. The molecule has 4 nitrogen and oxygen atoms in total. The normalized spacial score (nSPS) is 18.4. The van der Waals surface area contributed by atoms with E-state index in [4.69, 9.17) is 0 Å². The molecule has 0 radical (unpaired) electrons. The highest BCUT2D eigenvalue weighted by Crippen LogP contribution is 2.10. The molecule has 1 N–H and O–H groups in total. The Morgan fingerprint density at radius 1 is 1.53 bits per heavy atom. The summed E-state index contributed by atoms with van der Waals surface area (Å²) in [6.07, 6.45) is 8.30. The zero-order valence-corrected chi connectivity index (χ0v) is 10.6. The van der Waals surface area contributed by atoms with Crippen LogP contribution in [0.2, 0.25) is 0 Å². The minimum atomic E-state index is 0.631. The number of nitrogens with one attached hydrogen (secondary N) is 1. The third-order valence-electron chi connectivity index (χ3n) is 3.37. The zero-order chi connectivity index (χ0) is 12.1. The van der Waals surface area contributed by atoms with Crippen LogP contribution in [-0.4, -0.2) is 40.4 Å². The van der Waals surface area contributed by atoms with E-state index in [1.54, 1.807) is 10.9 Å². The average Bonchev–Trinajstić information content (AvgIpc) is 3.00. The topological polar surface area (TPSA) is 33.1 Å². The van der Waals surface area contributed by atoms with Crippen molar-refractivity contribution >= 4 is 6.20 Å². The van der Waals surface area contributed by atoms with Gasteiger partial charge in [0.2, 0.25) is 0 Å². The number of aromatic nitrogens is 2. The van der Waals surface area contributed by atoms with Gasteiger partial charge in [-0.1, -0.05) is 6.58 Å². The first-order valence-corrected chi connectivity index (χ1v) is 6.40. The highest BCUT2D eigenvalue weighted by atomic mass is 15.2. The summed E-state index contributed by atoms with van der Waals surface area (Å²) in [7, 11) is 0. The Hall–Kier alpha value is -1.13. The molecule has 0 spiro atoms. The van der Waals surface area contributed by atoms with Crippen molar-refractivity contribution in [2.45, 2.75) is 32.4 Å². The van der Waals surface area contributed by atoms with Gasteiger partial charge in [-0.2, -0.15) is 5.10 Å². The van der Waals surface area contributed by atoms with Crippen molar-refractivity contribution in [3.63, 3.8) is 0 Å². The van der Waals surface area contributed by atoms with E-state index in [0.717, 1.165) is 13.1 Å². The molecule has 1 aliphatic heterocycles. The van der Waals surface area contributed by atoms with Crippen molar-refractivity contribution in [3.05, 3.63) is 24.5 Å². The van der Waals surface area contributed by atoms with Gasteiger partial charge in [-0.3, -0.25) is 4.90 Å². The summed E-state index contributed by atoms with van der Waals surface area (Å²) >= 11 is 0. The monoisotopic (exact) mass is 234 g/mol. The molecular weight excluding hydrogens is 212 g/mol. The fourth-order valence-corrected chi connectivity index (χ4v) is 2.31. The van der Waals surface area contributed by atoms with Gasteiger partial charge < -0.3 is 5.32 Å². The molecule has 17 heavy (non-hydrogen) atoms. The third-order valence-corrected chi connectivity index (χ3v) is 3.37. The van der Waals surface area contributed by atoms with Gasteiger partial charge in [-0.05, 0) is 32.9 Å². The highest BCUT2D eigenvalue weighted by Gasteiger charge is 2.17. The van der Waals surface area contributed by atoms with Crippen LogP contribution in [0.3, 0.4) is 0 Å². The van der Waals surface area contributed by atoms with Crippen molar-refractivity contribution < 1.29 is 0 Å². The number of hydrogen-bond donors (Lipinski definition) is 1. The summed E-state index contributed by atoms with van der Waals surface area (Å²) in [5.74, 6) is 0. The van der Waals surface area contributed by atoms with Crippen LogP contribution in [-0.2, 0) is 6.54 Å². The van der Waals surface area contributed by atoms with Gasteiger partial charge in [-0.15, -0.1) is 0 Å². The second-order valence-corrected chi connectivity index (χ2v) is 4.73. The molecule has 1 saturated heterocycles. The Morgan fingerprint density at radius 3 is 2.94 bits per heavy atom. The van der Waals surface area contributed by atoms with E-state index < -0.39 is 0 Å². The predicted molar refractivity (Wildman–Crippen MR) is 70.6 cm³/mol. The van der Waals surface area contributed by atoms with E-state index in [0.29, 0.717) is 6.04 Å². The quantitative estimate of drug-likeness (QED) is 0.811. The SMILES string of the molecule is C=Cn1cc(CNCC(C)N2CCCC2)cn1. The van der Waals surface area contributed by atoms with Crippen molar-refractivity contribution in [2.75, 3.05) is 19.6 Å². The van der Waals surface area contributed by atoms with E-state index in [-0.39, 0.29) is 0 Å². The van der Waals surface area contributed by atoms with E-state index in [2.05, 4.69) is 28.8 Å². The van der Waals surface area contributed by atoms with E-state index in [9.17, 15) is 0 Å². The molecule has 4 heteroatoms. The van der Waals surface area contributed by atoms with Crippen LogP contribution in [0.15, 0.2) is 19.0 Å². The van der Waals surface area contributed by atoms with Crippen molar-refractivity contribution in [3.8, 4) is 0 Å². The van der Waals surface area contributed by atoms with Crippen LogP contribution in [0, 0.1) is 0 Å². The molecule has 0 saturated carbocycles. The zero-order valence-electron chi connectivity index (χ0n) is 10.6. The lowest BCUT2D eigenvalue weighted by Gasteiger charge is -2.23. The van der Waals surface area contributed by atoms with Crippen LogP contribution in [0.4, 0.5) is 0 Å². The first-order valence-electron chi connectivity index (χ1n) is 6.40. The van der Waals surface area contributed by atoms with Crippen LogP contribution in [0.1, 0.15) is 25.3 Å². The third kappa shape index (κ3) is 3.41. The van der Waals surface area contributed by atoms with Gasteiger partial charge in [0, 0.05) is 37.1 Å². The molecule has 0 bridgehead atoms. The van der Waals surface area contributed by atoms with Gasteiger partial charge >= 0.3 is 0 Å². The maximum atomic E-state index is 4.16. The summed E-state index contributed by atoms with van der Waals surface area (Å²) in [6, 6.07) is 0.631. The highest BCUT2D eigenvalue weighted by molar-refractivity contribution is 5.17. The molecular formula is C13H22N4. The summed E-state index contributed by atoms with van der Waals surface area (Å²) in [5.41, 5.74) is 1.21. The number of hydrogen-bond acceptors (Lipinski definition) is 3. The van der Waals surface area contributed by atoms with Gasteiger partial charge in [0.15, 0.2) is 0 Å². The summed E-state index contributed by atoms with van der Waals surface area (Å²) in [6.45, 7) is 10.4. The standard InChI is InChI=1S/C13H22N4/c1-3-17-11-13(10-15-17)9-14-8-12(2)16-6-4-5-7-16/h3,10-12,14H,1,4-9H2,2H3. The molecule has 1 fully saturated rings.